The highest BCUT2D eigenvalue weighted by molar-refractivity contribution is 7.91. The fourth-order valence-corrected chi connectivity index (χ4v) is 4.35. The van der Waals surface area contributed by atoms with Crippen LogP contribution in [0.15, 0.2) is 29.2 Å². The summed E-state index contributed by atoms with van der Waals surface area (Å²) in [5.74, 6) is -0.795. The number of methoxy groups -OCH3 is 1. The number of sulfone groups is 1. The maximum absolute atomic E-state index is 12.8. The Morgan fingerprint density at radius 2 is 1.95 bits per heavy atom. The summed E-state index contributed by atoms with van der Waals surface area (Å²) in [5.41, 5.74) is 2.07. The fraction of sp³-hybridized carbons (Fsp3) is 0.375. The number of aryl methyl sites for hydroxylation is 1. The maximum Gasteiger partial charge on any atom is 0.306 e. The largest absolute Gasteiger partial charge is 0.469 e. The lowest BCUT2D eigenvalue weighted by Gasteiger charge is -2.14. The molecule has 0 saturated carbocycles. The highest BCUT2D eigenvalue weighted by Crippen LogP contribution is 2.29. The van der Waals surface area contributed by atoms with Gasteiger partial charge in [-0.1, -0.05) is 25.1 Å². The zero-order valence-corrected chi connectivity index (χ0v) is 13.7. The van der Waals surface area contributed by atoms with Crippen molar-refractivity contribution in [1.29, 1.82) is 0 Å². The molecule has 0 bridgehead atoms. The molecule has 0 radical (unpaired) electrons. The van der Waals surface area contributed by atoms with Crippen molar-refractivity contribution in [1.82, 2.24) is 4.98 Å². The molecule has 22 heavy (non-hydrogen) atoms. The number of hydrogen-bond acceptors (Lipinski definition) is 5. The highest BCUT2D eigenvalue weighted by Gasteiger charge is 2.24. The molecule has 1 heterocycles. The van der Waals surface area contributed by atoms with Crippen molar-refractivity contribution in [3.63, 3.8) is 0 Å². The summed E-state index contributed by atoms with van der Waals surface area (Å²) in [6.45, 7) is 3.71. The number of para-hydroxylation sites is 1. The Morgan fingerprint density at radius 3 is 2.59 bits per heavy atom. The second kappa shape index (κ2) is 6.44. The zero-order chi connectivity index (χ0) is 16.3. The Bertz CT molecular complexity index is 812. The summed E-state index contributed by atoms with van der Waals surface area (Å²) in [5, 5.41) is 0.606. The van der Waals surface area contributed by atoms with Crippen molar-refractivity contribution in [3.05, 3.63) is 35.5 Å². The standard InChI is InChI=1S/C16H19NO4S/c1-4-12-11(2)17-14-8-6-5-7-13(14)16(12)22(19,20)10-9-15(18)21-3/h5-8H,4,9-10H2,1-3H3. The Labute approximate surface area is 130 Å². The lowest BCUT2D eigenvalue weighted by molar-refractivity contribution is -0.140. The van der Waals surface area contributed by atoms with Crippen LogP contribution in [0, 0.1) is 6.92 Å². The molecule has 1 aromatic carbocycles. The van der Waals surface area contributed by atoms with E-state index in [0.29, 0.717) is 33.5 Å². The number of hydrogen-bond donors (Lipinski definition) is 0. The first-order valence-electron chi connectivity index (χ1n) is 7.08. The molecule has 2 aromatic rings. The normalized spacial score (nSPS) is 11.6. The van der Waals surface area contributed by atoms with E-state index in [1.54, 1.807) is 18.2 Å². The molecule has 0 spiro atoms. The summed E-state index contributed by atoms with van der Waals surface area (Å²) in [6, 6.07) is 7.16. The first kappa shape index (κ1) is 16.4. The number of nitrogens with zero attached hydrogens (tertiary/aromatic N) is 1. The van der Waals surface area contributed by atoms with E-state index in [-0.39, 0.29) is 12.2 Å². The minimum absolute atomic E-state index is 0.155. The van der Waals surface area contributed by atoms with Gasteiger partial charge >= 0.3 is 5.97 Å². The predicted octanol–water partition coefficient (Wildman–Crippen LogP) is 2.44. The highest BCUT2D eigenvalue weighted by atomic mass is 32.2. The first-order valence-corrected chi connectivity index (χ1v) is 8.73. The van der Waals surface area contributed by atoms with Crippen molar-refractivity contribution in [3.8, 4) is 0 Å². The Hall–Kier alpha value is -1.95. The molecule has 1 aromatic heterocycles. The van der Waals surface area contributed by atoms with Crippen molar-refractivity contribution in [2.45, 2.75) is 31.6 Å². The van der Waals surface area contributed by atoms with Gasteiger partial charge in [-0.2, -0.15) is 0 Å². The van der Waals surface area contributed by atoms with Crippen LogP contribution in [0.4, 0.5) is 0 Å². The van der Waals surface area contributed by atoms with Crippen molar-refractivity contribution in [2.24, 2.45) is 0 Å². The van der Waals surface area contributed by atoms with Crippen LogP contribution in [-0.2, 0) is 25.8 Å². The van der Waals surface area contributed by atoms with Gasteiger partial charge in [-0.15, -0.1) is 0 Å². The van der Waals surface area contributed by atoms with E-state index in [1.807, 2.05) is 19.9 Å². The molecule has 0 aliphatic carbocycles. The van der Waals surface area contributed by atoms with E-state index in [1.165, 1.54) is 7.11 Å². The molecule has 0 fully saturated rings. The molecule has 2 rings (SSSR count). The maximum atomic E-state index is 12.8. The van der Waals surface area contributed by atoms with Gasteiger partial charge in [0.05, 0.1) is 29.7 Å². The lowest BCUT2D eigenvalue weighted by atomic mass is 10.1. The third-order valence-corrected chi connectivity index (χ3v) is 5.44. The van der Waals surface area contributed by atoms with Crippen LogP contribution in [0.25, 0.3) is 10.9 Å². The second-order valence-electron chi connectivity index (χ2n) is 5.02. The minimum atomic E-state index is -3.60. The minimum Gasteiger partial charge on any atom is -0.469 e. The van der Waals surface area contributed by atoms with Crippen molar-refractivity contribution < 1.29 is 17.9 Å². The number of aromatic nitrogens is 1. The summed E-state index contributed by atoms with van der Waals surface area (Å²) < 4.78 is 30.1. The van der Waals surface area contributed by atoms with Gasteiger partial charge in [-0.25, -0.2) is 8.42 Å². The van der Waals surface area contributed by atoms with E-state index in [9.17, 15) is 13.2 Å². The molecule has 0 amide bonds. The van der Waals surface area contributed by atoms with Gasteiger partial charge in [0.15, 0.2) is 9.84 Å². The number of ether oxygens (including phenoxy) is 1. The monoisotopic (exact) mass is 321 g/mol. The van der Waals surface area contributed by atoms with Gasteiger partial charge in [0.25, 0.3) is 0 Å². The zero-order valence-electron chi connectivity index (χ0n) is 12.9. The molecule has 6 heteroatoms. The second-order valence-corrected chi connectivity index (χ2v) is 7.07. The number of carbonyl (C=O) groups is 1. The van der Waals surface area contributed by atoms with Crippen LogP contribution in [-0.4, -0.2) is 32.2 Å². The van der Waals surface area contributed by atoms with Gasteiger partial charge < -0.3 is 4.74 Å². The third kappa shape index (κ3) is 3.11. The Morgan fingerprint density at radius 1 is 1.27 bits per heavy atom. The molecule has 118 valence electrons. The average molecular weight is 321 g/mol. The number of carbonyl (C=O) groups excluding carboxylic acids is 1. The lowest BCUT2D eigenvalue weighted by Crippen LogP contribution is -2.15. The smallest absolute Gasteiger partial charge is 0.306 e. The quantitative estimate of drug-likeness (QED) is 0.791. The number of rotatable bonds is 5. The molecule has 0 aliphatic rings. The van der Waals surface area contributed by atoms with E-state index in [4.69, 9.17) is 0 Å². The van der Waals surface area contributed by atoms with Crippen molar-refractivity contribution >= 4 is 26.7 Å². The van der Waals surface area contributed by atoms with Gasteiger partial charge in [-0.05, 0) is 25.0 Å². The molecular formula is C16H19NO4S. The summed E-state index contributed by atoms with van der Waals surface area (Å²) in [7, 11) is -2.35. The molecule has 5 nitrogen and oxygen atoms in total. The third-order valence-electron chi connectivity index (χ3n) is 3.61. The molecule has 0 unspecified atom stereocenters. The average Bonchev–Trinajstić information content (AvgIpc) is 2.51. The van der Waals surface area contributed by atoms with Crippen LogP contribution in [0.1, 0.15) is 24.6 Å². The van der Waals surface area contributed by atoms with Crippen LogP contribution in [0.3, 0.4) is 0 Å². The van der Waals surface area contributed by atoms with Gasteiger partial charge in [-0.3, -0.25) is 9.78 Å². The summed E-state index contributed by atoms with van der Waals surface area (Å²) in [6.07, 6.45) is 0.411. The number of fused-ring (bicyclic) bond motifs is 1. The Balaban J connectivity index is 2.64. The van der Waals surface area contributed by atoms with Crippen LogP contribution >= 0.6 is 0 Å². The summed E-state index contributed by atoms with van der Waals surface area (Å²) >= 11 is 0. The first-order chi connectivity index (χ1) is 10.4. The van der Waals surface area contributed by atoms with Gasteiger partial charge in [0.1, 0.15) is 0 Å². The SMILES string of the molecule is CCc1c(C)nc2ccccc2c1S(=O)(=O)CCC(=O)OC. The topological polar surface area (TPSA) is 73.3 Å². The Kier molecular flexibility index (Phi) is 4.81. The number of pyridine rings is 1. The molecule has 0 atom stereocenters. The van der Waals surface area contributed by atoms with Crippen LogP contribution < -0.4 is 0 Å². The van der Waals surface area contributed by atoms with E-state index < -0.39 is 15.8 Å². The molecule has 0 saturated heterocycles. The number of benzene rings is 1. The predicted molar refractivity (Wildman–Crippen MR) is 84.5 cm³/mol. The molecule has 0 aliphatic heterocycles. The van der Waals surface area contributed by atoms with E-state index in [2.05, 4.69) is 9.72 Å². The van der Waals surface area contributed by atoms with Crippen molar-refractivity contribution in [2.75, 3.05) is 12.9 Å². The van der Waals surface area contributed by atoms with E-state index >= 15 is 0 Å². The van der Waals surface area contributed by atoms with E-state index in [0.717, 1.165) is 0 Å². The van der Waals surface area contributed by atoms with Crippen LogP contribution in [0.5, 0.6) is 0 Å². The van der Waals surface area contributed by atoms with Crippen LogP contribution in [0.2, 0.25) is 0 Å². The molecular weight excluding hydrogens is 302 g/mol. The summed E-state index contributed by atoms with van der Waals surface area (Å²) in [4.78, 5) is 16.0. The number of esters is 1. The fourth-order valence-electron chi connectivity index (χ4n) is 2.53. The van der Waals surface area contributed by atoms with Gasteiger partial charge in [0.2, 0.25) is 0 Å². The van der Waals surface area contributed by atoms with Gasteiger partial charge in [0, 0.05) is 11.1 Å². The molecule has 0 N–H and O–H groups in total.